The Labute approximate surface area is 127 Å². The van der Waals surface area contributed by atoms with Crippen LogP contribution in [0.1, 0.15) is 38.3 Å². The summed E-state index contributed by atoms with van der Waals surface area (Å²) >= 11 is 0. The highest BCUT2D eigenvalue weighted by molar-refractivity contribution is 7.88. The predicted molar refractivity (Wildman–Crippen MR) is 84.1 cm³/mol. The number of nitrogens with zero attached hydrogens (tertiary/aromatic N) is 1. The van der Waals surface area contributed by atoms with Crippen LogP contribution in [0.4, 0.5) is 4.39 Å². The van der Waals surface area contributed by atoms with Gasteiger partial charge in [0.05, 0.1) is 6.26 Å². The molecule has 0 fully saturated rings. The fourth-order valence-electron chi connectivity index (χ4n) is 2.28. The van der Waals surface area contributed by atoms with E-state index in [0.29, 0.717) is 13.1 Å². The van der Waals surface area contributed by atoms with Gasteiger partial charge in [0.15, 0.2) is 0 Å². The van der Waals surface area contributed by atoms with Gasteiger partial charge in [0.1, 0.15) is 5.82 Å². The maximum absolute atomic E-state index is 12.9. The summed E-state index contributed by atoms with van der Waals surface area (Å²) in [4.78, 5) is 0. The van der Waals surface area contributed by atoms with Gasteiger partial charge in [-0.25, -0.2) is 17.1 Å². The minimum Gasteiger partial charge on any atom is -0.310 e. The van der Waals surface area contributed by atoms with E-state index in [1.807, 2.05) is 6.92 Å². The van der Waals surface area contributed by atoms with Crippen LogP contribution in [0, 0.1) is 5.82 Å². The third-order valence-electron chi connectivity index (χ3n) is 3.48. The second-order valence-corrected chi connectivity index (χ2v) is 7.06. The third kappa shape index (κ3) is 6.11. The van der Waals surface area contributed by atoms with Gasteiger partial charge < -0.3 is 5.32 Å². The summed E-state index contributed by atoms with van der Waals surface area (Å²) in [6.07, 6.45) is 2.88. The molecule has 1 N–H and O–H groups in total. The molecule has 21 heavy (non-hydrogen) atoms. The molecule has 1 atom stereocenters. The van der Waals surface area contributed by atoms with E-state index in [0.717, 1.165) is 24.9 Å². The molecular formula is C15H25FN2O2S. The van der Waals surface area contributed by atoms with E-state index in [1.54, 1.807) is 12.1 Å². The van der Waals surface area contributed by atoms with Crippen molar-refractivity contribution in [2.45, 2.75) is 32.7 Å². The highest BCUT2D eigenvalue weighted by atomic mass is 32.2. The zero-order valence-corrected chi connectivity index (χ0v) is 13.8. The Morgan fingerprint density at radius 3 is 2.33 bits per heavy atom. The lowest BCUT2D eigenvalue weighted by Crippen LogP contribution is -2.33. The second kappa shape index (κ2) is 8.46. The molecule has 0 saturated heterocycles. The average Bonchev–Trinajstić information content (AvgIpc) is 2.43. The summed E-state index contributed by atoms with van der Waals surface area (Å²) in [5, 5.41) is 3.39. The van der Waals surface area contributed by atoms with Gasteiger partial charge in [-0.2, -0.15) is 0 Å². The van der Waals surface area contributed by atoms with E-state index < -0.39 is 10.0 Å². The van der Waals surface area contributed by atoms with E-state index in [9.17, 15) is 12.8 Å². The summed E-state index contributed by atoms with van der Waals surface area (Å²) in [5.74, 6) is -0.236. The maximum Gasteiger partial charge on any atom is 0.211 e. The Morgan fingerprint density at radius 1 is 1.24 bits per heavy atom. The Balaban J connectivity index is 2.44. The van der Waals surface area contributed by atoms with E-state index >= 15 is 0 Å². The largest absolute Gasteiger partial charge is 0.310 e. The van der Waals surface area contributed by atoms with Crippen LogP contribution in [-0.2, 0) is 10.0 Å². The van der Waals surface area contributed by atoms with E-state index in [1.165, 1.54) is 22.7 Å². The Hall–Kier alpha value is -0.980. The zero-order chi connectivity index (χ0) is 15.9. The summed E-state index contributed by atoms with van der Waals surface area (Å²) in [5.41, 5.74) is 1.05. The molecule has 0 saturated carbocycles. The van der Waals surface area contributed by atoms with Crippen molar-refractivity contribution in [3.63, 3.8) is 0 Å². The molecule has 0 radical (unpaired) electrons. The highest BCUT2D eigenvalue weighted by Gasteiger charge is 2.14. The number of nitrogens with one attached hydrogen (secondary N) is 1. The van der Waals surface area contributed by atoms with Gasteiger partial charge in [0.25, 0.3) is 0 Å². The standard InChI is InChI=1S/C15H25FN2O2S/c1-4-15(13-7-9-14(16)10-8-13)17-11-6-12-18(5-2)21(3,19)20/h7-10,15,17H,4-6,11-12H2,1-3H3. The zero-order valence-electron chi connectivity index (χ0n) is 13.0. The molecule has 0 aliphatic rings. The number of halogens is 1. The second-order valence-electron chi connectivity index (χ2n) is 5.07. The number of hydrogen-bond donors (Lipinski definition) is 1. The Morgan fingerprint density at radius 2 is 1.86 bits per heavy atom. The van der Waals surface area contributed by atoms with Crippen LogP contribution < -0.4 is 5.32 Å². The first-order chi connectivity index (χ1) is 9.88. The van der Waals surface area contributed by atoms with Crippen LogP contribution in [0.15, 0.2) is 24.3 Å². The molecule has 6 heteroatoms. The fraction of sp³-hybridized carbons (Fsp3) is 0.600. The van der Waals surface area contributed by atoms with Crippen LogP contribution in [-0.4, -0.2) is 38.6 Å². The Bertz CT molecular complexity index is 517. The summed E-state index contributed by atoms with van der Waals surface area (Å²) < 4.78 is 37.3. The van der Waals surface area contributed by atoms with Crippen molar-refractivity contribution in [2.75, 3.05) is 25.9 Å². The lowest BCUT2D eigenvalue weighted by atomic mass is 10.0. The van der Waals surface area contributed by atoms with Gasteiger partial charge in [-0.3, -0.25) is 0 Å². The third-order valence-corrected chi connectivity index (χ3v) is 4.86. The molecular weight excluding hydrogens is 291 g/mol. The van der Waals surface area contributed by atoms with E-state index in [-0.39, 0.29) is 11.9 Å². The SMILES string of the molecule is CCC(NCCCN(CC)S(C)(=O)=O)c1ccc(F)cc1. The summed E-state index contributed by atoms with van der Waals surface area (Å²) in [6, 6.07) is 6.65. The molecule has 4 nitrogen and oxygen atoms in total. The first-order valence-electron chi connectivity index (χ1n) is 7.32. The minimum atomic E-state index is -3.11. The van der Waals surface area contributed by atoms with Crippen LogP contribution in [0.2, 0.25) is 0 Å². The first-order valence-corrected chi connectivity index (χ1v) is 9.17. The molecule has 0 aromatic heterocycles. The lowest BCUT2D eigenvalue weighted by molar-refractivity contribution is 0.409. The van der Waals surface area contributed by atoms with Gasteiger partial charge in [0.2, 0.25) is 10.0 Å². The molecule has 0 aliphatic heterocycles. The molecule has 1 aromatic carbocycles. The van der Waals surface area contributed by atoms with Crippen molar-refractivity contribution in [1.82, 2.24) is 9.62 Å². The van der Waals surface area contributed by atoms with E-state index in [4.69, 9.17) is 0 Å². The number of benzene rings is 1. The van der Waals surface area contributed by atoms with Crippen molar-refractivity contribution >= 4 is 10.0 Å². The molecule has 0 aliphatic carbocycles. The molecule has 120 valence electrons. The molecule has 0 amide bonds. The van der Waals surface area contributed by atoms with Crippen molar-refractivity contribution < 1.29 is 12.8 Å². The fourth-order valence-corrected chi connectivity index (χ4v) is 3.21. The Kier molecular flexibility index (Phi) is 7.28. The van der Waals surface area contributed by atoms with E-state index in [2.05, 4.69) is 12.2 Å². The van der Waals surface area contributed by atoms with Crippen LogP contribution in [0.3, 0.4) is 0 Å². The van der Waals surface area contributed by atoms with Gasteiger partial charge in [-0.15, -0.1) is 0 Å². The molecule has 1 aromatic rings. The molecule has 0 bridgehead atoms. The van der Waals surface area contributed by atoms with Gasteiger partial charge in [-0.05, 0) is 37.1 Å². The molecule has 1 rings (SSSR count). The maximum atomic E-state index is 12.9. The van der Waals surface area contributed by atoms with Crippen LogP contribution in [0.5, 0.6) is 0 Å². The van der Waals surface area contributed by atoms with Gasteiger partial charge in [0, 0.05) is 19.1 Å². The number of sulfonamides is 1. The van der Waals surface area contributed by atoms with Crippen molar-refractivity contribution in [3.8, 4) is 0 Å². The number of hydrogen-bond acceptors (Lipinski definition) is 3. The minimum absolute atomic E-state index is 0.166. The summed E-state index contributed by atoms with van der Waals surface area (Å²) in [6.45, 7) is 5.63. The van der Waals surface area contributed by atoms with Gasteiger partial charge in [-0.1, -0.05) is 26.0 Å². The first kappa shape index (κ1) is 18.1. The quantitative estimate of drug-likeness (QED) is 0.712. The van der Waals surface area contributed by atoms with Gasteiger partial charge >= 0.3 is 0 Å². The van der Waals surface area contributed by atoms with Crippen molar-refractivity contribution in [3.05, 3.63) is 35.6 Å². The summed E-state index contributed by atoms with van der Waals surface area (Å²) in [7, 11) is -3.11. The average molecular weight is 316 g/mol. The smallest absolute Gasteiger partial charge is 0.211 e. The predicted octanol–water partition coefficient (Wildman–Crippen LogP) is 2.54. The molecule has 0 spiro atoms. The van der Waals surface area contributed by atoms with Crippen LogP contribution >= 0.6 is 0 Å². The van der Waals surface area contributed by atoms with Crippen molar-refractivity contribution in [1.29, 1.82) is 0 Å². The topological polar surface area (TPSA) is 49.4 Å². The monoisotopic (exact) mass is 316 g/mol. The lowest BCUT2D eigenvalue weighted by Gasteiger charge is -2.20. The normalized spacial score (nSPS) is 13.6. The molecule has 1 unspecified atom stereocenters. The highest BCUT2D eigenvalue weighted by Crippen LogP contribution is 2.16. The number of rotatable bonds is 9. The molecule has 0 heterocycles. The van der Waals surface area contributed by atoms with Crippen molar-refractivity contribution in [2.24, 2.45) is 0 Å². The van der Waals surface area contributed by atoms with Crippen LogP contribution in [0.25, 0.3) is 0 Å².